The Kier molecular flexibility index (Phi) is 8.44. The van der Waals surface area contributed by atoms with Gasteiger partial charge in [-0.05, 0) is 55.4 Å². The molecule has 206 valence electrons. The van der Waals surface area contributed by atoms with E-state index in [0.717, 1.165) is 6.07 Å². The SMILES string of the molecule is Cc1nn(-c2ccc(F)cc2)cc1C(=O)Nc1ccc(CO[Si](C)(C)C(C)(C)C)c(OS(=O)(=O)C(F)F)c1. The topological polar surface area (TPSA) is 99.5 Å². The van der Waals surface area contributed by atoms with Crippen molar-refractivity contribution in [2.75, 3.05) is 5.32 Å². The number of hydrogen-bond donors (Lipinski definition) is 1. The Balaban J connectivity index is 1.88. The lowest BCUT2D eigenvalue weighted by atomic mass is 10.2. The number of alkyl halides is 2. The number of amides is 1. The summed E-state index contributed by atoms with van der Waals surface area (Å²) in [5.41, 5.74) is 1.45. The lowest BCUT2D eigenvalue weighted by Crippen LogP contribution is -2.40. The molecule has 0 fully saturated rings. The maximum absolute atomic E-state index is 13.2. The highest BCUT2D eigenvalue weighted by atomic mass is 32.2. The van der Waals surface area contributed by atoms with Crippen molar-refractivity contribution >= 4 is 30.0 Å². The molecule has 0 radical (unpaired) electrons. The molecule has 0 atom stereocenters. The minimum absolute atomic E-state index is 0.0671. The van der Waals surface area contributed by atoms with Crippen molar-refractivity contribution in [2.45, 2.75) is 58.2 Å². The van der Waals surface area contributed by atoms with Gasteiger partial charge in [-0.15, -0.1) is 0 Å². The van der Waals surface area contributed by atoms with Crippen molar-refractivity contribution < 1.29 is 35.0 Å². The summed E-state index contributed by atoms with van der Waals surface area (Å²) in [5, 5.41) is 6.73. The van der Waals surface area contributed by atoms with Crippen molar-refractivity contribution in [3.8, 4) is 11.4 Å². The first-order valence-corrected chi connectivity index (χ1v) is 16.0. The van der Waals surface area contributed by atoms with Gasteiger partial charge in [-0.25, -0.2) is 9.07 Å². The largest absolute Gasteiger partial charge is 0.412 e. The van der Waals surface area contributed by atoms with E-state index in [4.69, 9.17) is 8.61 Å². The fourth-order valence-corrected chi connectivity index (χ4v) is 4.50. The van der Waals surface area contributed by atoms with E-state index in [0.29, 0.717) is 11.4 Å². The van der Waals surface area contributed by atoms with E-state index in [9.17, 15) is 26.4 Å². The van der Waals surface area contributed by atoms with Crippen LogP contribution in [0.1, 0.15) is 42.4 Å². The molecule has 0 saturated heterocycles. The Morgan fingerprint density at radius 2 is 1.76 bits per heavy atom. The highest BCUT2D eigenvalue weighted by molar-refractivity contribution is 7.87. The summed E-state index contributed by atoms with van der Waals surface area (Å²) >= 11 is 0. The average molecular weight is 570 g/mol. The number of nitrogens with one attached hydrogen (secondary N) is 1. The van der Waals surface area contributed by atoms with Crippen molar-refractivity contribution in [1.82, 2.24) is 9.78 Å². The van der Waals surface area contributed by atoms with Gasteiger partial charge in [0.2, 0.25) is 0 Å². The van der Waals surface area contributed by atoms with Crippen molar-refractivity contribution in [3.63, 3.8) is 0 Å². The Labute approximate surface area is 221 Å². The van der Waals surface area contributed by atoms with Gasteiger partial charge in [0.1, 0.15) is 11.6 Å². The second kappa shape index (κ2) is 10.9. The van der Waals surface area contributed by atoms with Crippen molar-refractivity contribution in [1.29, 1.82) is 0 Å². The number of benzene rings is 2. The molecule has 0 unspecified atom stereocenters. The Morgan fingerprint density at radius 1 is 1.13 bits per heavy atom. The van der Waals surface area contributed by atoms with Gasteiger partial charge in [0.05, 0.1) is 23.6 Å². The van der Waals surface area contributed by atoms with Gasteiger partial charge >= 0.3 is 15.9 Å². The highest BCUT2D eigenvalue weighted by Gasteiger charge is 2.37. The molecular weight excluding hydrogens is 539 g/mol. The summed E-state index contributed by atoms with van der Waals surface area (Å²) in [6.45, 7) is 11.6. The molecule has 0 aliphatic carbocycles. The van der Waals surface area contributed by atoms with E-state index < -0.39 is 35.9 Å². The minimum Gasteiger partial charge on any atom is -0.412 e. The van der Waals surface area contributed by atoms with Crippen LogP contribution in [0.3, 0.4) is 0 Å². The third kappa shape index (κ3) is 6.82. The monoisotopic (exact) mass is 569 g/mol. The van der Waals surface area contributed by atoms with Crippen molar-refractivity contribution in [3.05, 3.63) is 71.3 Å². The number of halogens is 3. The first-order chi connectivity index (χ1) is 17.5. The molecule has 8 nitrogen and oxygen atoms in total. The predicted octanol–water partition coefficient (Wildman–Crippen LogP) is 6.03. The van der Waals surface area contributed by atoms with Gasteiger partial charge in [-0.1, -0.05) is 26.8 Å². The van der Waals surface area contributed by atoms with Crippen LogP contribution in [-0.2, 0) is 21.2 Å². The van der Waals surface area contributed by atoms with Crippen LogP contribution >= 0.6 is 0 Å². The second-order valence-corrected chi connectivity index (χ2v) is 16.5. The summed E-state index contributed by atoms with van der Waals surface area (Å²) in [4.78, 5) is 13.0. The Hall–Kier alpha value is -3.16. The van der Waals surface area contributed by atoms with E-state index in [1.807, 2.05) is 33.9 Å². The van der Waals surface area contributed by atoms with E-state index in [1.165, 1.54) is 47.3 Å². The van der Waals surface area contributed by atoms with Crippen LogP contribution in [0.25, 0.3) is 5.69 Å². The summed E-state index contributed by atoms with van der Waals surface area (Å²) in [5.74, 6) is -5.13. The summed E-state index contributed by atoms with van der Waals surface area (Å²) < 4.78 is 75.3. The third-order valence-corrected chi connectivity index (χ3v) is 11.7. The number of aryl methyl sites for hydroxylation is 1. The number of rotatable bonds is 9. The zero-order chi connectivity index (χ0) is 28.5. The molecule has 3 rings (SSSR count). The molecule has 0 saturated carbocycles. The molecule has 3 aromatic rings. The standard InChI is InChI=1S/C25H30F3N3O5SSi/c1-16-21(14-31(30-16)20-11-8-18(26)9-12-20)23(32)29-19-10-7-17(15-35-38(5,6)25(2,3)4)22(13-19)36-37(33,34)24(27)28/h7-14,24H,15H2,1-6H3,(H,29,32). The summed E-state index contributed by atoms with van der Waals surface area (Å²) in [7, 11) is -7.48. The van der Waals surface area contributed by atoms with Gasteiger partial charge in [0.15, 0.2) is 8.32 Å². The molecule has 13 heteroatoms. The fourth-order valence-electron chi connectivity index (χ4n) is 3.07. The number of aromatic nitrogens is 2. The first kappa shape index (κ1) is 29.4. The van der Waals surface area contributed by atoms with Crippen LogP contribution in [0.4, 0.5) is 18.9 Å². The van der Waals surface area contributed by atoms with Crippen molar-refractivity contribution in [2.24, 2.45) is 0 Å². The molecule has 1 N–H and O–H groups in total. The summed E-state index contributed by atoms with van der Waals surface area (Å²) in [6.07, 6.45) is 1.46. The van der Waals surface area contributed by atoms with E-state index in [-0.39, 0.29) is 34.2 Å². The maximum Gasteiger partial charge on any atom is 0.372 e. The quantitative estimate of drug-likeness (QED) is 0.250. The van der Waals surface area contributed by atoms with E-state index in [1.54, 1.807) is 6.92 Å². The molecular formula is C25H30F3N3O5SSi. The van der Waals surface area contributed by atoms with Gasteiger partial charge in [-0.3, -0.25) is 4.79 Å². The second-order valence-electron chi connectivity index (χ2n) is 10.2. The number of carbonyl (C=O) groups excluding carboxylic acids is 1. The third-order valence-electron chi connectivity index (χ3n) is 6.38. The van der Waals surface area contributed by atoms with Crippen LogP contribution in [0.5, 0.6) is 5.75 Å². The van der Waals surface area contributed by atoms with Crippen LogP contribution in [-0.4, -0.2) is 38.2 Å². The lowest BCUT2D eigenvalue weighted by Gasteiger charge is -2.36. The zero-order valence-corrected chi connectivity index (χ0v) is 23.7. The number of nitrogens with zero attached hydrogens (tertiary/aromatic N) is 2. The molecule has 1 heterocycles. The van der Waals surface area contributed by atoms with Crippen LogP contribution in [0.2, 0.25) is 18.1 Å². The van der Waals surface area contributed by atoms with E-state index in [2.05, 4.69) is 10.4 Å². The fraction of sp³-hybridized carbons (Fsp3) is 0.360. The zero-order valence-electron chi connectivity index (χ0n) is 21.9. The van der Waals surface area contributed by atoms with Crippen LogP contribution < -0.4 is 9.50 Å². The summed E-state index contributed by atoms with van der Waals surface area (Å²) in [6, 6.07) is 9.62. The molecule has 0 spiro atoms. The van der Waals surface area contributed by atoms with E-state index >= 15 is 0 Å². The van der Waals surface area contributed by atoms with Gasteiger partial charge in [0, 0.05) is 23.5 Å². The number of anilines is 1. The average Bonchev–Trinajstić information content (AvgIpc) is 3.19. The predicted molar refractivity (Wildman–Crippen MR) is 140 cm³/mol. The van der Waals surface area contributed by atoms with Gasteiger partial charge in [-0.2, -0.15) is 22.3 Å². The Bertz CT molecular complexity index is 1420. The highest BCUT2D eigenvalue weighted by Crippen LogP contribution is 2.38. The normalized spacial score (nSPS) is 12.6. The molecule has 1 aromatic heterocycles. The van der Waals surface area contributed by atoms with Gasteiger partial charge in [0.25, 0.3) is 5.91 Å². The molecule has 0 bridgehead atoms. The minimum atomic E-state index is -5.22. The van der Waals surface area contributed by atoms with Crippen LogP contribution in [0, 0.1) is 12.7 Å². The van der Waals surface area contributed by atoms with Crippen LogP contribution in [0.15, 0.2) is 48.7 Å². The Morgan fingerprint density at radius 3 is 2.34 bits per heavy atom. The molecule has 2 aromatic carbocycles. The number of hydrogen-bond acceptors (Lipinski definition) is 6. The molecule has 38 heavy (non-hydrogen) atoms. The molecule has 0 aliphatic rings. The molecule has 0 aliphatic heterocycles. The smallest absolute Gasteiger partial charge is 0.372 e. The first-order valence-electron chi connectivity index (χ1n) is 11.6. The maximum atomic E-state index is 13.2. The van der Waals surface area contributed by atoms with Gasteiger partial charge < -0.3 is 13.9 Å². The molecule has 1 amide bonds. The number of carbonyl (C=O) groups is 1. The lowest BCUT2D eigenvalue weighted by molar-refractivity contribution is 0.102.